The number of ketones is 1. The first-order chi connectivity index (χ1) is 17.9. The molecule has 0 amide bonds. The molecule has 1 aliphatic carbocycles. The fourth-order valence-corrected chi connectivity index (χ4v) is 5.89. The highest BCUT2D eigenvalue weighted by molar-refractivity contribution is 7.99. The molecule has 196 valence electrons. The summed E-state index contributed by atoms with van der Waals surface area (Å²) in [5.74, 6) is 1.35. The minimum absolute atomic E-state index is 0.0124. The minimum Gasteiger partial charge on any atom is -0.493 e. The third kappa shape index (κ3) is 5.88. The van der Waals surface area contributed by atoms with E-state index in [1.54, 1.807) is 32.0 Å². The van der Waals surface area contributed by atoms with Gasteiger partial charge < -0.3 is 14.2 Å². The molecule has 6 nitrogen and oxygen atoms in total. The number of rotatable bonds is 9. The number of carbonyl (C=O) groups is 2. The molecular formula is C29H32ClNO5S. The Kier molecular flexibility index (Phi) is 8.98. The zero-order valence-corrected chi connectivity index (χ0v) is 23.2. The number of esters is 1. The Morgan fingerprint density at radius 3 is 2.57 bits per heavy atom. The average Bonchev–Trinajstić information content (AvgIpc) is 2.89. The maximum absolute atomic E-state index is 13.8. The molecule has 2 aliphatic rings. The fourth-order valence-electron chi connectivity index (χ4n) is 5.20. The van der Waals surface area contributed by atoms with Crippen molar-refractivity contribution >= 4 is 40.8 Å². The van der Waals surface area contributed by atoms with Gasteiger partial charge in [0.2, 0.25) is 0 Å². The van der Waals surface area contributed by atoms with Crippen LogP contribution in [-0.2, 0) is 14.3 Å². The van der Waals surface area contributed by atoms with E-state index in [0.717, 1.165) is 28.3 Å². The van der Waals surface area contributed by atoms with Crippen molar-refractivity contribution in [2.24, 2.45) is 10.9 Å². The third-order valence-corrected chi connectivity index (χ3v) is 8.00. The van der Waals surface area contributed by atoms with Gasteiger partial charge in [-0.25, -0.2) is 0 Å². The Hall–Kier alpha value is -2.77. The molecular weight excluding hydrogens is 510 g/mol. The molecule has 4 rings (SSSR count). The van der Waals surface area contributed by atoms with Crippen molar-refractivity contribution in [1.29, 1.82) is 0 Å². The molecule has 3 atom stereocenters. The van der Waals surface area contributed by atoms with Crippen molar-refractivity contribution in [3.05, 3.63) is 69.9 Å². The lowest BCUT2D eigenvalue weighted by Crippen LogP contribution is -2.38. The monoisotopic (exact) mass is 541 g/mol. The fraction of sp³-hybridized carbons (Fsp3) is 0.414. The molecule has 0 fully saturated rings. The quantitative estimate of drug-likeness (QED) is 0.277. The lowest BCUT2D eigenvalue weighted by Gasteiger charge is -2.36. The van der Waals surface area contributed by atoms with E-state index in [4.69, 9.17) is 30.8 Å². The number of halogens is 1. The molecule has 0 spiro atoms. The van der Waals surface area contributed by atoms with Gasteiger partial charge in [-0.15, -0.1) is 0 Å². The van der Waals surface area contributed by atoms with Gasteiger partial charge in [-0.2, -0.15) is 11.8 Å². The summed E-state index contributed by atoms with van der Waals surface area (Å²) < 4.78 is 16.5. The van der Waals surface area contributed by atoms with E-state index in [1.165, 1.54) is 0 Å². The van der Waals surface area contributed by atoms with E-state index in [1.807, 2.05) is 43.3 Å². The van der Waals surface area contributed by atoms with Crippen molar-refractivity contribution in [3.63, 3.8) is 0 Å². The molecule has 1 unspecified atom stereocenters. The number of ether oxygens (including phenoxy) is 3. The van der Waals surface area contributed by atoms with Gasteiger partial charge in [-0.05, 0) is 60.4 Å². The van der Waals surface area contributed by atoms with Gasteiger partial charge in [-0.3, -0.25) is 14.6 Å². The smallest absolute Gasteiger partial charge is 0.315 e. The van der Waals surface area contributed by atoms with E-state index in [-0.39, 0.29) is 17.7 Å². The van der Waals surface area contributed by atoms with E-state index < -0.39 is 11.8 Å². The maximum atomic E-state index is 13.8. The van der Waals surface area contributed by atoms with Crippen molar-refractivity contribution < 1.29 is 23.8 Å². The van der Waals surface area contributed by atoms with Crippen molar-refractivity contribution in [3.8, 4) is 11.5 Å². The Bertz CT molecular complexity index is 1240. The van der Waals surface area contributed by atoms with E-state index in [9.17, 15) is 9.59 Å². The number of nitrogens with zero attached hydrogens (tertiary/aromatic N) is 1. The van der Waals surface area contributed by atoms with E-state index in [2.05, 4.69) is 6.92 Å². The van der Waals surface area contributed by atoms with Crippen LogP contribution in [0.4, 0.5) is 0 Å². The van der Waals surface area contributed by atoms with Crippen molar-refractivity contribution in [2.45, 2.75) is 38.5 Å². The second-order valence-corrected chi connectivity index (χ2v) is 11.0. The van der Waals surface area contributed by atoms with Crippen LogP contribution in [0.1, 0.15) is 49.7 Å². The van der Waals surface area contributed by atoms with E-state index in [0.29, 0.717) is 47.3 Å². The van der Waals surface area contributed by atoms with Crippen LogP contribution in [0, 0.1) is 5.92 Å². The largest absolute Gasteiger partial charge is 0.493 e. The predicted octanol–water partition coefficient (Wildman–Crippen LogP) is 6.23. The number of hydrogen-bond donors (Lipinski definition) is 0. The summed E-state index contributed by atoms with van der Waals surface area (Å²) in [4.78, 5) is 31.9. The van der Waals surface area contributed by atoms with Crippen molar-refractivity contribution in [2.75, 3.05) is 32.3 Å². The molecule has 2 aromatic rings. The Balaban J connectivity index is 1.71. The van der Waals surface area contributed by atoms with Crippen molar-refractivity contribution in [1.82, 2.24) is 0 Å². The number of allylic oxidation sites excluding steroid dienone is 2. The van der Waals surface area contributed by atoms with Gasteiger partial charge in [0.1, 0.15) is 12.5 Å². The minimum atomic E-state index is -0.676. The topological polar surface area (TPSA) is 74.2 Å². The van der Waals surface area contributed by atoms with Crippen LogP contribution < -0.4 is 9.47 Å². The van der Waals surface area contributed by atoms with Gasteiger partial charge in [-0.1, -0.05) is 36.7 Å². The lowest BCUT2D eigenvalue weighted by atomic mass is 9.69. The summed E-state index contributed by atoms with van der Waals surface area (Å²) in [6, 6.07) is 13.1. The highest BCUT2D eigenvalue weighted by Gasteiger charge is 2.44. The highest BCUT2D eigenvalue weighted by Crippen LogP contribution is 2.47. The number of methoxy groups -OCH3 is 2. The molecule has 1 heterocycles. The summed E-state index contributed by atoms with van der Waals surface area (Å²) in [7, 11) is 3.19. The number of aliphatic imine (C=N–C) groups is 1. The Labute approximate surface area is 227 Å². The van der Waals surface area contributed by atoms with Gasteiger partial charge in [0.25, 0.3) is 0 Å². The van der Waals surface area contributed by atoms with Gasteiger partial charge in [0, 0.05) is 40.1 Å². The Morgan fingerprint density at radius 2 is 1.86 bits per heavy atom. The number of Topliss-reactive ketones (excluding diaryl/α,β-unsaturated/α-hetero) is 1. The summed E-state index contributed by atoms with van der Waals surface area (Å²) in [6.07, 6.45) is 0.898. The number of hydrogen-bond acceptors (Lipinski definition) is 7. The summed E-state index contributed by atoms with van der Waals surface area (Å²) in [6.45, 7) is 4.24. The molecule has 0 saturated heterocycles. The Morgan fingerprint density at radius 1 is 1.08 bits per heavy atom. The van der Waals surface area contributed by atoms with Gasteiger partial charge >= 0.3 is 5.97 Å². The zero-order chi connectivity index (χ0) is 26.5. The van der Waals surface area contributed by atoms with Crippen LogP contribution in [0.25, 0.3) is 0 Å². The summed E-state index contributed by atoms with van der Waals surface area (Å²) in [5.41, 5.74) is 3.77. The summed E-state index contributed by atoms with van der Waals surface area (Å²) >= 11 is 8.05. The van der Waals surface area contributed by atoms with Crippen LogP contribution in [0.2, 0.25) is 5.02 Å². The van der Waals surface area contributed by atoms with E-state index >= 15 is 0 Å². The number of thioether (sulfide) groups is 1. The molecule has 8 heteroatoms. The molecule has 0 N–H and O–H groups in total. The van der Waals surface area contributed by atoms with Crippen LogP contribution >= 0.6 is 23.4 Å². The normalized spacial score (nSPS) is 21.3. The van der Waals surface area contributed by atoms with Crippen LogP contribution in [0.3, 0.4) is 0 Å². The standard InChI is InChI=1S/C29H32ClNO5S/c1-5-37-12-11-36-29(33)26-17(2)31-22-14-20(18-9-10-24(34-3)25(16-18)35-4)15-23(32)28(22)27(26)19-7-6-8-21(30)13-19/h6-10,13,16,20,26-27H,5,11-12,14-15H2,1-4H3/t20-,26?,27+/m1/s1. The van der Waals surface area contributed by atoms with Gasteiger partial charge in [0.15, 0.2) is 17.3 Å². The van der Waals surface area contributed by atoms with Crippen LogP contribution in [0.5, 0.6) is 11.5 Å². The number of benzene rings is 2. The zero-order valence-electron chi connectivity index (χ0n) is 21.6. The van der Waals surface area contributed by atoms with Crippen LogP contribution in [0.15, 0.2) is 58.7 Å². The lowest BCUT2D eigenvalue weighted by molar-refractivity contribution is -0.145. The number of carbonyl (C=O) groups excluding carboxylic acids is 2. The first-order valence-corrected chi connectivity index (χ1v) is 13.9. The molecule has 2 aromatic carbocycles. The molecule has 1 aliphatic heterocycles. The second-order valence-electron chi connectivity index (χ2n) is 9.13. The molecule has 0 aromatic heterocycles. The van der Waals surface area contributed by atoms with Crippen LogP contribution in [-0.4, -0.2) is 49.8 Å². The third-order valence-electron chi connectivity index (χ3n) is 6.91. The second kappa shape index (κ2) is 12.2. The maximum Gasteiger partial charge on any atom is 0.315 e. The molecule has 0 bridgehead atoms. The molecule has 0 radical (unpaired) electrons. The predicted molar refractivity (Wildman–Crippen MR) is 148 cm³/mol. The first-order valence-electron chi connectivity index (χ1n) is 12.4. The summed E-state index contributed by atoms with van der Waals surface area (Å²) in [5, 5.41) is 0.553. The molecule has 37 heavy (non-hydrogen) atoms. The molecule has 0 saturated carbocycles. The first kappa shape index (κ1) is 27.3. The average molecular weight is 542 g/mol. The highest BCUT2D eigenvalue weighted by atomic mass is 35.5. The SMILES string of the molecule is CCSCCOC(=O)C1C(C)=NC2=C(C(=O)C[C@H](c3ccc(OC)c(OC)c3)C2)[C@H]1c1cccc(Cl)c1. The van der Waals surface area contributed by atoms with Gasteiger partial charge in [0.05, 0.1) is 14.2 Å².